The van der Waals surface area contributed by atoms with Crippen molar-refractivity contribution in [2.24, 2.45) is 0 Å². The van der Waals surface area contributed by atoms with Gasteiger partial charge in [-0.1, -0.05) is 304 Å². The van der Waals surface area contributed by atoms with Crippen molar-refractivity contribution in [1.82, 2.24) is 0 Å². The molecule has 0 N–H and O–H groups in total. The number of carbonyl (C=O) groups excluding carboxylic acids is 3. The number of ether oxygens (including phenoxy) is 4. The monoisotopic (exact) mass is 1150 g/mol. The first kappa shape index (κ1) is 78.5. The maximum absolute atomic E-state index is 12.9. The van der Waals surface area contributed by atoms with Crippen LogP contribution in [-0.2, 0) is 33.3 Å². The molecule has 0 saturated heterocycles. The second-order valence-corrected chi connectivity index (χ2v) is 24.1. The molecule has 2 atom stereocenters. The lowest BCUT2D eigenvalue weighted by Gasteiger charge is -2.26. The fourth-order valence-electron chi connectivity index (χ4n) is 9.70. The zero-order valence-electron chi connectivity index (χ0n) is 54.1. The van der Waals surface area contributed by atoms with Crippen molar-refractivity contribution in [3.63, 3.8) is 0 Å². The smallest absolute Gasteiger partial charge is 0.306 e. The van der Waals surface area contributed by atoms with Crippen LogP contribution in [0.15, 0.2) is 85.1 Å². The fourth-order valence-corrected chi connectivity index (χ4v) is 9.70. The molecule has 0 rings (SSSR count). The van der Waals surface area contributed by atoms with E-state index in [1.807, 2.05) is 21.1 Å². The second-order valence-electron chi connectivity index (χ2n) is 24.1. The van der Waals surface area contributed by atoms with Crippen LogP contribution < -0.4 is 5.11 Å². The van der Waals surface area contributed by atoms with E-state index in [2.05, 4.69) is 98.9 Å². The fraction of sp³-hybridized carbons (Fsp3) is 0.767. The molecule has 9 nitrogen and oxygen atoms in total. The number of carbonyl (C=O) groups is 3. The second kappa shape index (κ2) is 63.5. The van der Waals surface area contributed by atoms with Crippen LogP contribution in [0.25, 0.3) is 0 Å². The molecular formula is C73H129NO8. The predicted molar refractivity (Wildman–Crippen MR) is 348 cm³/mol. The Morgan fingerprint density at radius 2 is 0.695 bits per heavy atom. The van der Waals surface area contributed by atoms with Crippen molar-refractivity contribution in [2.75, 3.05) is 47.5 Å². The Kier molecular flexibility index (Phi) is 60.8. The molecule has 0 radical (unpaired) electrons. The summed E-state index contributed by atoms with van der Waals surface area (Å²) in [7, 11) is 5.93. The summed E-state index contributed by atoms with van der Waals surface area (Å²) in [6.45, 7) is 4.67. The van der Waals surface area contributed by atoms with Crippen molar-refractivity contribution in [2.45, 2.75) is 315 Å². The van der Waals surface area contributed by atoms with Gasteiger partial charge in [0, 0.05) is 12.8 Å². The van der Waals surface area contributed by atoms with Crippen LogP contribution in [0.5, 0.6) is 0 Å². The molecule has 0 aromatic heterocycles. The lowest BCUT2D eigenvalue weighted by Crippen LogP contribution is -2.44. The molecule has 0 aliphatic carbocycles. The number of aliphatic carboxylic acids is 1. The van der Waals surface area contributed by atoms with Gasteiger partial charge in [0.1, 0.15) is 13.2 Å². The third kappa shape index (κ3) is 64.0. The molecule has 0 aliphatic rings. The lowest BCUT2D eigenvalue weighted by molar-refractivity contribution is -0.870. The number of likely N-dealkylation sites (N-methyl/N-ethyl adjacent to an activating group) is 1. The number of esters is 2. The van der Waals surface area contributed by atoms with Crippen LogP contribution in [-0.4, -0.2) is 82.3 Å². The van der Waals surface area contributed by atoms with E-state index in [1.165, 1.54) is 180 Å². The topological polar surface area (TPSA) is 111 Å². The number of hydrogen-bond donors (Lipinski definition) is 0. The number of unbranched alkanes of at least 4 members (excludes halogenated alkanes) is 34. The Hall–Kier alpha value is -3.53. The maximum Gasteiger partial charge on any atom is 0.306 e. The first-order chi connectivity index (χ1) is 40.1. The minimum atomic E-state index is -1.62. The molecule has 82 heavy (non-hydrogen) atoms. The Bertz CT molecular complexity index is 1620. The summed E-state index contributed by atoms with van der Waals surface area (Å²) in [6.07, 6.45) is 82.3. The van der Waals surface area contributed by atoms with Gasteiger partial charge in [0.2, 0.25) is 0 Å². The summed E-state index contributed by atoms with van der Waals surface area (Å²) in [5, 5.41) is 11.8. The van der Waals surface area contributed by atoms with Crippen LogP contribution in [0.1, 0.15) is 303 Å². The number of allylic oxidation sites excluding steroid dienone is 14. The van der Waals surface area contributed by atoms with Crippen molar-refractivity contribution in [3.8, 4) is 0 Å². The van der Waals surface area contributed by atoms with Gasteiger partial charge < -0.3 is 33.3 Å². The van der Waals surface area contributed by atoms with Gasteiger partial charge in [0.05, 0.1) is 40.3 Å². The molecule has 0 spiro atoms. The SMILES string of the molecule is CC/C=C\C/C=C\C/C=C\C/C=C\C/C=C\C/C=C\C/C=C\CCCCCCCCCCCCCC(=O)OC(COC(=O)CCCCCCCCCCCCCCCCCCCCCCCCCC)COC(OCC[N+](C)(C)C)C(=O)[O-]. The lowest BCUT2D eigenvalue weighted by atomic mass is 10.0. The average Bonchev–Trinajstić information content (AvgIpc) is 3.45. The highest BCUT2D eigenvalue weighted by Gasteiger charge is 2.22. The molecule has 0 bridgehead atoms. The quantitative estimate of drug-likeness (QED) is 0.0195. The summed E-state index contributed by atoms with van der Waals surface area (Å²) >= 11 is 0. The normalized spacial score (nSPS) is 13.2. The molecule has 0 heterocycles. The number of carboxylic acid groups (broad SMARTS) is 1. The number of nitrogens with zero attached hydrogens (tertiary/aromatic N) is 1. The van der Waals surface area contributed by atoms with Crippen LogP contribution in [0.2, 0.25) is 0 Å². The Balaban J connectivity index is 4.14. The standard InChI is InChI=1S/C73H129NO8/c1-6-8-10-12-14-16-18-20-22-24-26-28-30-32-33-34-35-36-37-38-39-40-42-44-46-48-50-52-54-56-58-60-62-64-71(76)82-69(68-81-73(72(77)78)79-66-65-74(3,4)5)67-80-70(75)63-61-59-57-55-53-51-49-47-45-43-41-31-29-27-25-23-21-19-17-15-13-11-9-7-2/h8,10,14,16,20,22,26,28,32-33,35-36,38-39,69,73H,6-7,9,11-13,15,17-19,21,23-25,27,29-31,34,37,40-68H2,1-5H3/b10-8-,16-14-,22-20-,28-26-,33-32-,36-35-,39-38-. The van der Waals surface area contributed by atoms with Crippen molar-refractivity contribution in [3.05, 3.63) is 85.1 Å². The minimum absolute atomic E-state index is 0.146. The Morgan fingerprint density at radius 1 is 0.378 bits per heavy atom. The van der Waals surface area contributed by atoms with E-state index in [0.29, 0.717) is 23.9 Å². The molecule has 0 aromatic rings. The molecule has 0 aliphatic heterocycles. The third-order valence-electron chi connectivity index (χ3n) is 14.9. The Labute approximate surface area is 506 Å². The van der Waals surface area contributed by atoms with E-state index in [4.69, 9.17) is 18.9 Å². The number of rotatable bonds is 63. The van der Waals surface area contributed by atoms with Crippen molar-refractivity contribution >= 4 is 17.9 Å². The molecule has 0 fully saturated rings. The summed E-state index contributed by atoms with van der Waals surface area (Å²) in [5.74, 6) is -2.27. The number of carboxylic acids is 1. The van der Waals surface area contributed by atoms with Crippen LogP contribution >= 0.6 is 0 Å². The zero-order chi connectivity index (χ0) is 59.8. The summed E-state index contributed by atoms with van der Waals surface area (Å²) in [5.41, 5.74) is 0. The van der Waals surface area contributed by atoms with Gasteiger partial charge in [-0.3, -0.25) is 9.59 Å². The van der Waals surface area contributed by atoms with E-state index < -0.39 is 24.3 Å². The average molecular weight is 1150 g/mol. The predicted octanol–water partition coefficient (Wildman–Crippen LogP) is 19.7. The third-order valence-corrected chi connectivity index (χ3v) is 14.9. The van der Waals surface area contributed by atoms with Gasteiger partial charge in [0.25, 0.3) is 0 Å². The van der Waals surface area contributed by atoms with Crippen molar-refractivity contribution < 1.29 is 42.9 Å². The van der Waals surface area contributed by atoms with Gasteiger partial charge >= 0.3 is 11.9 Å². The van der Waals surface area contributed by atoms with E-state index in [9.17, 15) is 19.5 Å². The summed E-state index contributed by atoms with van der Waals surface area (Å²) < 4.78 is 22.8. The van der Waals surface area contributed by atoms with E-state index in [1.54, 1.807) is 0 Å². The molecule has 474 valence electrons. The summed E-state index contributed by atoms with van der Waals surface area (Å²) in [4.78, 5) is 37.5. The van der Waals surface area contributed by atoms with E-state index in [0.717, 1.165) is 89.9 Å². The van der Waals surface area contributed by atoms with Gasteiger partial charge in [-0.2, -0.15) is 0 Å². The molecular weight excluding hydrogens is 1020 g/mol. The number of quaternary nitrogens is 1. The largest absolute Gasteiger partial charge is 0.545 e. The van der Waals surface area contributed by atoms with Gasteiger partial charge in [-0.05, 0) is 70.6 Å². The van der Waals surface area contributed by atoms with Crippen LogP contribution in [0, 0.1) is 0 Å². The minimum Gasteiger partial charge on any atom is -0.545 e. The van der Waals surface area contributed by atoms with Crippen LogP contribution in [0.3, 0.4) is 0 Å². The highest BCUT2D eigenvalue weighted by atomic mass is 16.7. The highest BCUT2D eigenvalue weighted by Crippen LogP contribution is 2.18. The molecule has 0 amide bonds. The zero-order valence-corrected chi connectivity index (χ0v) is 54.1. The summed E-state index contributed by atoms with van der Waals surface area (Å²) in [6, 6.07) is 0. The van der Waals surface area contributed by atoms with Crippen LogP contribution in [0.4, 0.5) is 0 Å². The molecule has 0 saturated carbocycles. The number of hydrogen-bond acceptors (Lipinski definition) is 8. The highest BCUT2D eigenvalue weighted by molar-refractivity contribution is 5.70. The van der Waals surface area contributed by atoms with Crippen molar-refractivity contribution in [1.29, 1.82) is 0 Å². The van der Waals surface area contributed by atoms with Gasteiger partial charge in [0.15, 0.2) is 12.4 Å². The molecule has 0 aromatic carbocycles. The van der Waals surface area contributed by atoms with E-state index >= 15 is 0 Å². The first-order valence-electron chi connectivity index (χ1n) is 34.2. The van der Waals surface area contributed by atoms with Gasteiger partial charge in [-0.15, -0.1) is 0 Å². The first-order valence-corrected chi connectivity index (χ1v) is 34.2. The maximum atomic E-state index is 12.9. The van der Waals surface area contributed by atoms with E-state index in [-0.39, 0.29) is 32.2 Å². The van der Waals surface area contributed by atoms with Gasteiger partial charge in [-0.25, -0.2) is 0 Å². The molecule has 2 unspecified atom stereocenters. The molecule has 9 heteroatoms. The Morgan fingerprint density at radius 3 is 1.04 bits per heavy atom.